The Bertz CT molecular complexity index is 806. The zero-order chi connectivity index (χ0) is 17.9. The molecular weight excluding hydrogens is 348 g/mol. The molecule has 2 aliphatic heterocycles. The first kappa shape index (κ1) is 17.1. The molecule has 6 heteroatoms. The maximum absolute atomic E-state index is 13.0. The number of amides is 2. The molecule has 0 bridgehead atoms. The highest BCUT2D eigenvalue weighted by Crippen LogP contribution is 2.43. The standard InChI is InChI=1S/C20H20N2O3S/c23-18(21-10-12-25-13-11-21)14-26-20-17-9-5-4-8-16(17)19(24)22(20)15-6-2-1-3-7-15/h1-9,20H,10-14H2/t20-/m0/s1. The second-order valence-electron chi connectivity index (χ2n) is 6.25. The van der Waals surface area contributed by atoms with Gasteiger partial charge in [-0.1, -0.05) is 36.4 Å². The maximum Gasteiger partial charge on any atom is 0.259 e. The largest absolute Gasteiger partial charge is 0.378 e. The molecule has 2 aromatic rings. The zero-order valence-corrected chi connectivity index (χ0v) is 15.2. The molecule has 2 heterocycles. The van der Waals surface area contributed by atoms with Crippen LogP contribution in [0.3, 0.4) is 0 Å². The van der Waals surface area contributed by atoms with Crippen LogP contribution < -0.4 is 4.90 Å². The lowest BCUT2D eigenvalue weighted by Crippen LogP contribution is -2.41. The minimum atomic E-state index is -0.189. The van der Waals surface area contributed by atoms with Crippen molar-refractivity contribution in [2.24, 2.45) is 0 Å². The number of hydrogen-bond acceptors (Lipinski definition) is 4. The quantitative estimate of drug-likeness (QED) is 0.833. The van der Waals surface area contributed by atoms with E-state index in [4.69, 9.17) is 4.74 Å². The Labute approximate surface area is 156 Å². The second-order valence-corrected chi connectivity index (χ2v) is 7.32. The lowest BCUT2D eigenvalue weighted by atomic mass is 10.1. The number of ether oxygens (including phenoxy) is 1. The topological polar surface area (TPSA) is 49.9 Å². The minimum Gasteiger partial charge on any atom is -0.378 e. The Hall–Kier alpha value is -2.31. The van der Waals surface area contributed by atoms with E-state index in [2.05, 4.69) is 0 Å². The predicted molar refractivity (Wildman–Crippen MR) is 102 cm³/mol. The van der Waals surface area contributed by atoms with Crippen molar-refractivity contribution in [3.63, 3.8) is 0 Å². The molecule has 0 unspecified atom stereocenters. The molecule has 0 aliphatic carbocycles. The van der Waals surface area contributed by atoms with E-state index in [-0.39, 0.29) is 17.2 Å². The van der Waals surface area contributed by atoms with Crippen molar-refractivity contribution in [1.29, 1.82) is 0 Å². The first-order valence-corrected chi connectivity index (χ1v) is 9.75. The molecule has 5 nitrogen and oxygen atoms in total. The summed E-state index contributed by atoms with van der Waals surface area (Å²) in [5.41, 5.74) is 2.54. The monoisotopic (exact) mass is 368 g/mol. The summed E-state index contributed by atoms with van der Waals surface area (Å²) in [6.45, 7) is 2.47. The van der Waals surface area contributed by atoms with Gasteiger partial charge in [0.1, 0.15) is 5.37 Å². The van der Waals surface area contributed by atoms with Crippen LogP contribution in [0, 0.1) is 0 Å². The molecule has 0 saturated carbocycles. The third kappa shape index (κ3) is 3.22. The highest BCUT2D eigenvalue weighted by atomic mass is 32.2. The van der Waals surface area contributed by atoms with Crippen LogP contribution in [0.4, 0.5) is 5.69 Å². The maximum atomic E-state index is 13.0. The molecule has 2 amide bonds. The van der Waals surface area contributed by atoms with Gasteiger partial charge in [-0.3, -0.25) is 14.5 Å². The van der Waals surface area contributed by atoms with Gasteiger partial charge in [-0.2, -0.15) is 0 Å². The highest BCUT2D eigenvalue weighted by molar-refractivity contribution is 8.00. The van der Waals surface area contributed by atoms with Crippen molar-refractivity contribution < 1.29 is 14.3 Å². The van der Waals surface area contributed by atoms with Gasteiger partial charge in [-0.15, -0.1) is 11.8 Å². The van der Waals surface area contributed by atoms with Crippen LogP contribution in [0.25, 0.3) is 0 Å². The van der Waals surface area contributed by atoms with Crippen LogP contribution in [0.5, 0.6) is 0 Å². The van der Waals surface area contributed by atoms with Gasteiger partial charge in [0.15, 0.2) is 0 Å². The number of fused-ring (bicyclic) bond motifs is 1. The van der Waals surface area contributed by atoms with Crippen LogP contribution in [0.1, 0.15) is 21.3 Å². The molecule has 4 rings (SSSR count). The molecule has 26 heavy (non-hydrogen) atoms. The van der Waals surface area contributed by atoms with E-state index < -0.39 is 0 Å². The summed E-state index contributed by atoms with van der Waals surface area (Å²) < 4.78 is 5.31. The minimum absolute atomic E-state index is 0.0110. The Kier molecular flexibility index (Phi) is 4.95. The summed E-state index contributed by atoms with van der Waals surface area (Å²) >= 11 is 1.51. The van der Waals surface area contributed by atoms with Gasteiger partial charge >= 0.3 is 0 Å². The van der Waals surface area contributed by atoms with Gasteiger partial charge in [0.2, 0.25) is 5.91 Å². The van der Waals surface area contributed by atoms with E-state index in [1.165, 1.54) is 11.8 Å². The third-order valence-corrected chi connectivity index (χ3v) is 5.87. The van der Waals surface area contributed by atoms with Gasteiger partial charge in [0.25, 0.3) is 5.91 Å². The fourth-order valence-electron chi connectivity index (χ4n) is 3.34. The fraction of sp³-hybridized carbons (Fsp3) is 0.300. The number of benzene rings is 2. The van der Waals surface area contributed by atoms with Crippen molar-refractivity contribution in [1.82, 2.24) is 4.90 Å². The molecule has 0 N–H and O–H groups in total. The number of hydrogen-bond donors (Lipinski definition) is 0. The Morgan fingerprint density at radius 3 is 2.50 bits per heavy atom. The second kappa shape index (κ2) is 7.51. The van der Waals surface area contributed by atoms with Gasteiger partial charge in [-0.25, -0.2) is 0 Å². The molecule has 2 aromatic carbocycles. The Morgan fingerprint density at radius 2 is 1.73 bits per heavy atom. The summed E-state index contributed by atoms with van der Waals surface area (Å²) in [4.78, 5) is 29.1. The van der Waals surface area contributed by atoms with E-state index in [0.717, 1.165) is 11.3 Å². The van der Waals surface area contributed by atoms with Crippen molar-refractivity contribution in [2.75, 3.05) is 37.0 Å². The SMILES string of the molecule is O=C(CS[C@H]1c2ccccc2C(=O)N1c1ccccc1)N1CCOCC1. The van der Waals surface area contributed by atoms with Crippen molar-refractivity contribution in [3.05, 3.63) is 65.7 Å². The van der Waals surface area contributed by atoms with Crippen molar-refractivity contribution in [3.8, 4) is 0 Å². The van der Waals surface area contributed by atoms with Crippen LogP contribution >= 0.6 is 11.8 Å². The van der Waals surface area contributed by atoms with E-state index in [0.29, 0.717) is 37.6 Å². The smallest absolute Gasteiger partial charge is 0.259 e. The van der Waals surface area contributed by atoms with Crippen LogP contribution in [0.15, 0.2) is 54.6 Å². The van der Waals surface area contributed by atoms with Gasteiger partial charge in [0, 0.05) is 24.3 Å². The van der Waals surface area contributed by atoms with Gasteiger partial charge in [0.05, 0.1) is 19.0 Å². The fourth-order valence-corrected chi connectivity index (χ4v) is 4.58. The summed E-state index contributed by atoms with van der Waals surface area (Å²) in [6, 6.07) is 17.3. The average molecular weight is 368 g/mol. The molecule has 1 fully saturated rings. The van der Waals surface area contributed by atoms with Crippen LogP contribution in [-0.4, -0.2) is 48.8 Å². The molecule has 0 spiro atoms. The predicted octanol–water partition coefficient (Wildman–Crippen LogP) is 2.94. The highest BCUT2D eigenvalue weighted by Gasteiger charge is 2.38. The zero-order valence-electron chi connectivity index (χ0n) is 14.3. The Morgan fingerprint density at radius 1 is 1.04 bits per heavy atom. The molecule has 1 saturated heterocycles. The van der Waals surface area contributed by atoms with Crippen molar-refractivity contribution >= 4 is 29.3 Å². The van der Waals surface area contributed by atoms with E-state index in [9.17, 15) is 9.59 Å². The lowest BCUT2D eigenvalue weighted by Gasteiger charge is -2.29. The number of carbonyl (C=O) groups is 2. The molecule has 1 atom stereocenters. The van der Waals surface area contributed by atoms with Crippen LogP contribution in [0.2, 0.25) is 0 Å². The summed E-state index contributed by atoms with van der Waals surface area (Å²) in [5, 5.41) is -0.189. The number of para-hydroxylation sites is 1. The van der Waals surface area contributed by atoms with Gasteiger partial charge < -0.3 is 9.64 Å². The van der Waals surface area contributed by atoms with E-state index in [1.807, 2.05) is 59.5 Å². The average Bonchev–Trinajstić information content (AvgIpc) is 2.99. The van der Waals surface area contributed by atoms with Crippen LogP contribution in [-0.2, 0) is 9.53 Å². The number of rotatable bonds is 4. The first-order valence-electron chi connectivity index (χ1n) is 8.70. The number of thioether (sulfide) groups is 1. The van der Waals surface area contributed by atoms with Gasteiger partial charge in [-0.05, 0) is 23.8 Å². The number of carbonyl (C=O) groups excluding carboxylic acids is 2. The summed E-state index contributed by atoms with van der Waals surface area (Å²) in [7, 11) is 0. The number of nitrogens with zero attached hydrogens (tertiary/aromatic N) is 2. The number of anilines is 1. The normalized spacial score (nSPS) is 19.5. The first-order chi connectivity index (χ1) is 12.8. The number of morpholine rings is 1. The van der Waals surface area contributed by atoms with Crippen molar-refractivity contribution in [2.45, 2.75) is 5.37 Å². The van der Waals surface area contributed by atoms with E-state index >= 15 is 0 Å². The molecule has 0 radical (unpaired) electrons. The molecular formula is C20H20N2O3S. The molecule has 2 aliphatic rings. The summed E-state index contributed by atoms with van der Waals surface area (Å²) in [6.07, 6.45) is 0. The third-order valence-electron chi connectivity index (χ3n) is 4.67. The summed E-state index contributed by atoms with van der Waals surface area (Å²) in [5.74, 6) is 0.432. The lowest BCUT2D eigenvalue weighted by molar-refractivity contribution is -0.132. The molecule has 0 aromatic heterocycles. The molecule has 134 valence electrons. The van der Waals surface area contributed by atoms with E-state index in [1.54, 1.807) is 4.90 Å². The Balaban J connectivity index is 1.56.